The molecule has 1 aliphatic heterocycles. The average Bonchev–Trinajstić information content (AvgIpc) is 2.96. The number of amides is 1. The van der Waals surface area contributed by atoms with E-state index in [4.69, 9.17) is 9.47 Å². The minimum absolute atomic E-state index is 0.0214. The number of ether oxygens (including phenoxy) is 2. The van der Waals surface area contributed by atoms with E-state index in [2.05, 4.69) is 19.2 Å². The van der Waals surface area contributed by atoms with Gasteiger partial charge in [0.05, 0.1) is 0 Å². The molecular formula is C19H24N2O4S. The summed E-state index contributed by atoms with van der Waals surface area (Å²) in [6, 6.07) is 5.90. The van der Waals surface area contributed by atoms with E-state index in [1.807, 2.05) is 30.5 Å². The fourth-order valence-electron chi connectivity index (χ4n) is 2.86. The highest BCUT2D eigenvalue weighted by molar-refractivity contribution is 7.07. The summed E-state index contributed by atoms with van der Waals surface area (Å²) in [4.78, 5) is 23.9. The van der Waals surface area contributed by atoms with E-state index in [1.54, 1.807) is 4.57 Å². The Bertz CT molecular complexity index is 853. The summed E-state index contributed by atoms with van der Waals surface area (Å²) in [6.45, 7) is 8.06. The van der Waals surface area contributed by atoms with Gasteiger partial charge in [0.1, 0.15) is 13.2 Å². The van der Waals surface area contributed by atoms with Crippen molar-refractivity contribution in [1.29, 1.82) is 0 Å². The number of nitrogens with zero attached hydrogens (tertiary/aromatic N) is 1. The van der Waals surface area contributed by atoms with Crippen LogP contribution in [-0.4, -0.2) is 30.2 Å². The van der Waals surface area contributed by atoms with E-state index in [-0.39, 0.29) is 22.6 Å². The molecule has 0 saturated heterocycles. The molecule has 0 fully saturated rings. The Morgan fingerprint density at radius 2 is 2.00 bits per heavy atom. The first kappa shape index (κ1) is 18.5. The average molecular weight is 376 g/mol. The van der Waals surface area contributed by atoms with Crippen molar-refractivity contribution >= 4 is 17.2 Å². The highest BCUT2D eigenvalue weighted by atomic mass is 32.1. The first-order chi connectivity index (χ1) is 12.4. The molecule has 0 unspecified atom stereocenters. The molecule has 2 heterocycles. The van der Waals surface area contributed by atoms with Gasteiger partial charge in [-0.05, 0) is 24.6 Å². The molecule has 0 saturated carbocycles. The normalized spacial score (nSPS) is 13.5. The van der Waals surface area contributed by atoms with Crippen molar-refractivity contribution in [3.05, 3.63) is 44.5 Å². The second-order valence-electron chi connectivity index (χ2n) is 7.06. The Morgan fingerprint density at radius 3 is 2.69 bits per heavy atom. The lowest BCUT2D eigenvalue weighted by Crippen LogP contribution is -2.37. The zero-order chi connectivity index (χ0) is 18.7. The molecule has 0 radical (unpaired) electrons. The summed E-state index contributed by atoms with van der Waals surface area (Å²) >= 11 is 1.16. The van der Waals surface area contributed by atoms with Crippen LogP contribution in [0.25, 0.3) is 0 Å². The van der Waals surface area contributed by atoms with Crippen LogP contribution in [0.15, 0.2) is 28.4 Å². The van der Waals surface area contributed by atoms with Crippen LogP contribution in [-0.2, 0) is 16.8 Å². The van der Waals surface area contributed by atoms with Gasteiger partial charge < -0.3 is 19.4 Å². The summed E-state index contributed by atoms with van der Waals surface area (Å²) in [5.41, 5.74) is 1.72. The number of thiazole rings is 1. The number of carbonyl (C=O) groups is 1. The zero-order valence-electron chi connectivity index (χ0n) is 15.3. The van der Waals surface area contributed by atoms with Gasteiger partial charge in [-0.25, -0.2) is 0 Å². The molecule has 0 bridgehead atoms. The molecule has 3 rings (SSSR count). The van der Waals surface area contributed by atoms with E-state index < -0.39 is 0 Å². The molecule has 1 amide bonds. The largest absolute Gasteiger partial charge is 0.486 e. The van der Waals surface area contributed by atoms with Crippen molar-refractivity contribution in [2.45, 2.75) is 39.2 Å². The number of aromatic nitrogens is 1. The maximum atomic E-state index is 12.2. The smallest absolute Gasteiger partial charge is 0.307 e. The molecule has 2 aromatic rings. The summed E-state index contributed by atoms with van der Waals surface area (Å²) in [5.74, 6) is 1.45. The van der Waals surface area contributed by atoms with Crippen molar-refractivity contribution in [2.24, 2.45) is 0 Å². The lowest BCUT2D eigenvalue weighted by molar-refractivity contribution is -0.121. The highest BCUT2D eigenvalue weighted by Gasteiger charge is 2.24. The van der Waals surface area contributed by atoms with E-state index in [0.717, 1.165) is 34.1 Å². The molecule has 1 N–H and O–H groups in total. The molecular weight excluding hydrogens is 352 g/mol. The fraction of sp³-hybridized carbons (Fsp3) is 0.474. The SMILES string of the molecule is Cc1csc(=O)n1CCC(=O)NCC(C)(C)c1ccc2c(c1)OCCO2. The lowest BCUT2D eigenvalue weighted by Gasteiger charge is -2.28. The number of nitrogens with one attached hydrogen (secondary N) is 1. The third kappa shape index (κ3) is 4.09. The quantitative estimate of drug-likeness (QED) is 0.841. The van der Waals surface area contributed by atoms with Crippen LogP contribution >= 0.6 is 11.3 Å². The van der Waals surface area contributed by atoms with Crippen molar-refractivity contribution in [1.82, 2.24) is 9.88 Å². The Hall–Kier alpha value is -2.28. The topological polar surface area (TPSA) is 69.6 Å². The highest BCUT2D eigenvalue weighted by Crippen LogP contribution is 2.34. The van der Waals surface area contributed by atoms with E-state index in [1.165, 1.54) is 0 Å². The van der Waals surface area contributed by atoms with E-state index in [0.29, 0.717) is 26.3 Å². The molecule has 6 nitrogen and oxygen atoms in total. The monoisotopic (exact) mass is 376 g/mol. The van der Waals surface area contributed by atoms with Crippen LogP contribution in [0.2, 0.25) is 0 Å². The predicted octanol–water partition coefficient (Wildman–Crippen LogP) is 2.47. The second-order valence-corrected chi connectivity index (χ2v) is 7.88. The maximum absolute atomic E-state index is 12.2. The summed E-state index contributed by atoms with van der Waals surface area (Å²) in [7, 11) is 0. The Balaban J connectivity index is 1.57. The van der Waals surface area contributed by atoms with Crippen LogP contribution in [0, 0.1) is 6.92 Å². The van der Waals surface area contributed by atoms with Crippen LogP contribution in [0.1, 0.15) is 31.5 Å². The number of benzene rings is 1. The Labute approximate surface area is 156 Å². The number of hydrogen-bond acceptors (Lipinski definition) is 5. The standard InChI is InChI=1S/C19H24N2O4S/c1-13-11-26-18(23)21(13)7-6-17(22)20-12-19(2,3)14-4-5-15-16(10-14)25-9-8-24-15/h4-5,10-11H,6-9,12H2,1-3H3,(H,20,22). The number of fused-ring (bicyclic) bond motifs is 1. The van der Waals surface area contributed by atoms with Crippen LogP contribution < -0.4 is 19.7 Å². The number of carbonyl (C=O) groups excluding carboxylic acids is 1. The number of hydrogen-bond donors (Lipinski definition) is 1. The van der Waals surface area contributed by atoms with Crippen molar-refractivity contribution < 1.29 is 14.3 Å². The number of aryl methyl sites for hydroxylation is 1. The van der Waals surface area contributed by atoms with Gasteiger partial charge in [-0.2, -0.15) is 0 Å². The van der Waals surface area contributed by atoms with Crippen molar-refractivity contribution in [3.63, 3.8) is 0 Å². The second kappa shape index (κ2) is 7.53. The van der Waals surface area contributed by atoms with Gasteiger partial charge in [0.2, 0.25) is 5.91 Å². The van der Waals surface area contributed by atoms with E-state index in [9.17, 15) is 9.59 Å². The minimum Gasteiger partial charge on any atom is -0.486 e. The number of rotatable bonds is 6. The molecule has 7 heteroatoms. The maximum Gasteiger partial charge on any atom is 0.307 e. The van der Waals surface area contributed by atoms with Crippen molar-refractivity contribution in [2.75, 3.05) is 19.8 Å². The van der Waals surface area contributed by atoms with E-state index >= 15 is 0 Å². The van der Waals surface area contributed by atoms with Crippen LogP contribution in [0.3, 0.4) is 0 Å². The van der Waals surface area contributed by atoms with Gasteiger partial charge in [0, 0.05) is 36.0 Å². The summed E-state index contributed by atoms with van der Waals surface area (Å²) < 4.78 is 12.8. The van der Waals surface area contributed by atoms with Gasteiger partial charge in [-0.15, -0.1) is 0 Å². The third-order valence-electron chi connectivity index (χ3n) is 4.59. The van der Waals surface area contributed by atoms with Gasteiger partial charge >= 0.3 is 4.87 Å². The molecule has 1 aromatic heterocycles. The molecule has 0 aliphatic carbocycles. The van der Waals surface area contributed by atoms with Crippen LogP contribution in [0.5, 0.6) is 11.5 Å². The summed E-state index contributed by atoms with van der Waals surface area (Å²) in [6.07, 6.45) is 0.286. The minimum atomic E-state index is -0.249. The van der Waals surface area contributed by atoms with Gasteiger partial charge in [0.15, 0.2) is 11.5 Å². The summed E-state index contributed by atoms with van der Waals surface area (Å²) in [5, 5.41) is 4.79. The molecule has 140 valence electrons. The van der Waals surface area contributed by atoms with Crippen molar-refractivity contribution in [3.8, 4) is 11.5 Å². The Kier molecular flexibility index (Phi) is 5.36. The van der Waals surface area contributed by atoms with Gasteiger partial charge in [-0.3, -0.25) is 9.59 Å². The zero-order valence-corrected chi connectivity index (χ0v) is 16.1. The molecule has 0 spiro atoms. The first-order valence-electron chi connectivity index (χ1n) is 8.68. The van der Waals surface area contributed by atoms with Gasteiger partial charge in [-0.1, -0.05) is 31.3 Å². The first-order valence-corrected chi connectivity index (χ1v) is 9.56. The van der Waals surface area contributed by atoms with Gasteiger partial charge in [0.25, 0.3) is 0 Å². The molecule has 26 heavy (non-hydrogen) atoms. The van der Waals surface area contributed by atoms with Crippen LogP contribution in [0.4, 0.5) is 0 Å². The molecule has 1 aliphatic rings. The Morgan fingerprint density at radius 1 is 1.27 bits per heavy atom. The predicted molar refractivity (Wildman–Crippen MR) is 101 cm³/mol. The molecule has 1 aromatic carbocycles. The lowest BCUT2D eigenvalue weighted by atomic mass is 9.84. The molecule has 0 atom stereocenters. The third-order valence-corrected chi connectivity index (χ3v) is 5.47. The fourth-order valence-corrected chi connectivity index (χ4v) is 3.62.